The van der Waals surface area contributed by atoms with Crippen molar-refractivity contribution in [2.45, 2.75) is 96.6 Å². The summed E-state index contributed by atoms with van der Waals surface area (Å²) in [5.74, 6) is -1.34. The van der Waals surface area contributed by atoms with Crippen LogP contribution in [0.3, 0.4) is 0 Å². The Balaban J connectivity index is 1.71. The summed E-state index contributed by atoms with van der Waals surface area (Å²) in [7, 11) is 0. The van der Waals surface area contributed by atoms with Crippen LogP contribution < -0.4 is 0 Å². The molecule has 0 aromatic heterocycles. The Labute approximate surface area is 236 Å². The van der Waals surface area contributed by atoms with Gasteiger partial charge in [-0.15, -0.1) is 0 Å². The maximum absolute atomic E-state index is 13.7. The fourth-order valence-corrected chi connectivity index (χ4v) is 8.17. The Morgan fingerprint density at radius 1 is 1.18 bits per heavy atom. The highest BCUT2D eigenvalue weighted by molar-refractivity contribution is 5.89. The minimum absolute atomic E-state index is 0.0225. The van der Waals surface area contributed by atoms with Gasteiger partial charge in [-0.3, -0.25) is 4.79 Å². The van der Waals surface area contributed by atoms with Gasteiger partial charge in [-0.05, 0) is 50.0 Å². The monoisotopic (exact) mass is 554 g/mol. The van der Waals surface area contributed by atoms with Crippen LogP contribution in [-0.4, -0.2) is 65.1 Å². The minimum atomic E-state index is -1.48. The van der Waals surface area contributed by atoms with Crippen LogP contribution in [0.4, 0.5) is 0 Å². The van der Waals surface area contributed by atoms with Crippen molar-refractivity contribution in [3.8, 4) is 0 Å². The van der Waals surface area contributed by atoms with Gasteiger partial charge in [0.15, 0.2) is 6.29 Å². The van der Waals surface area contributed by atoms with E-state index in [0.29, 0.717) is 37.9 Å². The molecular weight excluding hydrogens is 512 g/mol. The van der Waals surface area contributed by atoms with Crippen molar-refractivity contribution in [1.29, 1.82) is 0 Å². The van der Waals surface area contributed by atoms with Gasteiger partial charge in [-0.2, -0.15) is 0 Å². The largest absolute Gasteiger partial charge is 0.458 e. The number of ether oxygens (including phenoxy) is 4. The average molecular weight is 555 g/mol. The lowest BCUT2D eigenvalue weighted by atomic mass is 9.46. The molecule has 1 heterocycles. The van der Waals surface area contributed by atoms with E-state index in [2.05, 4.69) is 6.58 Å². The van der Waals surface area contributed by atoms with Crippen molar-refractivity contribution in [1.82, 2.24) is 0 Å². The number of hydrogen-bond acceptors (Lipinski definition) is 8. The number of rotatable bonds is 6. The maximum atomic E-state index is 13.7. The number of fused-ring (bicyclic) bond motifs is 5. The third kappa shape index (κ3) is 4.53. The smallest absolute Gasteiger partial charge is 0.338 e. The number of hydrogen-bond donors (Lipinski definition) is 2. The first-order chi connectivity index (χ1) is 18.8. The molecule has 1 saturated heterocycles. The molecule has 2 saturated carbocycles. The Morgan fingerprint density at radius 2 is 1.88 bits per heavy atom. The molecule has 0 spiro atoms. The standard InChI is InChI=1S/C32H42O8/c1-7-25(34)39-24-15-22-21(17-37-22)27-28(40-29(35)20-11-9-8-10-12-20)32(36)14-13-18(2)26(30(32,4)5)23(38-19(3)33)16-31(24,27)6/h7-12,21-25,27-28,34,36H,1,13-17H2,2-6H3/t21-,22-,23+,24+,25-,27-,28+,31-,32-/m1/s1. The number of benzene rings is 1. The van der Waals surface area contributed by atoms with Crippen LogP contribution in [0.2, 0.25) is 0 Å². The summed E-state index contributed by atoms with van der Waals surface area (Å²) in [4.78, 5) is 26.1. The van der Waals surface area contributed by atoms with Crippen molar-refractivity contribution in [2.24, 2.45) is 22.7 Å². The van der Waals surface area contributed by atoms with Crippen molar-refractivity contribution >= 4 is 11.9 Å². The molecule has 0 unspecified atom stereocenters. The zero-order valence-corrected chi connectivity index (χ0v) is 24.1. The van der Waals surface area contributed by atoms with Crippen LogP contribution >= 0.6 is 0 Å². The topological polar surface area (TPSA) is 112 Å². The summed E-state index contributed by atoms with van der Waals surface area (Å²) in [6.07, 6.45) is -0.324. The van der Waals surface area contributed by atoms with Crippen molar-refractivity contribution in [3.05, 3.63) is 59.7 Å². The summed E-state index contributed by atoms with van der Waals surface area (Å²) in [5.41, 5.74) is -0.819. The number of aliphatic hydroxyl groups excluding tert-OH is 1. The van der Waals surface area contributed by atoms with E-state index in [1.807, 2.05) is 33.8 Å². The summed E-state index contributed by atoms with van der Waals surface area (Å²) >= 11 is 0. The Morgan fingerprint density at radius 3 is 2.48 bits per heavy atom. The molecular formula is C32H42O8. The number of carbonyl (C=O) groups is 2. The fraction of sp³-hybridized carbons (Fsp3) is 0.625. The molecule has 4 aliphatic rings. The van der Waals surface area contributed by atoms with Crippen LogP contribution in [0.15, 0.2) is 54.1 Å². The van der Waals surface area contributed by atoms with E-state index in [1.54, 1.807) is 24.3 Å². The number of allylic oxidation sites excluding steroid dienone is 1. The van der Waals surface area contributed by atoms with E-state index >= 15 is 0 Å². The quantitative estimate of drug-likeness (QED) is 0.303. The van der Waals surface area contributed by atoms with Gasteiger partial charge in [0.05, 0.1) is 24.4 Å². The van der Waals surface area contributed by atoms with E-state index in [9.17, 15) is 19.8 Å². The molecule has 9 atom stereocenters. The van der Waals surface area contributed by atoms with Gasteiger partial charge >= 0.3 is 11.9 Å². The lowest BCUT2D eigenvalue weighted by Crippen LogP contribution is -2.72. The molecule has 8 nitrogen and oxygen atoms in total. The molecule has 2 N–H and O–H groups in total. The summed E-state index contributed by atoms with van der Waals surface area (Å²) < 4.78 is 24.6. The van der Waals surface area contributed by atoms with Crippen molar-refractivity contribution < 1.29 is 38.7 Å². The molecule has 1 aromatic carbocycles. The summed E-state index contributed by atoms with van der Waals surface area (Å²) in [6, 6.07) is 8.80. The molecule has 3 aliphatic carbocycles. The Kier molecular flexibility index (Phi) is 7.53. The zero-order chi connectivity index (χ0) is 29.0. The molecule has 1 aliphatic heterocycles. The van der Waals surface area contributed by atoms with E-state index < -0.39 is 58.9 Å². The van der Waals surface area contributed by atoms with E-state index in [1.165, 1.54) is 13.0 Å². The number of aliphatic hydroxyl groups is 2. The predicted molar refractivity (Wildman–Crippen MR) is 147 cm³/mol. The van der Waals surface area contributed by atoms with Gasteiger partial charge < -0.3 is 29.2 Å². The fourth-order valence-electron chi connectivity index (χ4n) is 8.17. The van der Waals surface area contributed by atoms with Crippen LogP contribution in [0.25, 0.3) is 0 Å². The summed E-state index contributed by atoms with van der Waals surface area (Å²) in [6.45, 7) is 13.5. The molecule has 5 rings (SSSR count). The molecule has 8 heteroatoms. The molecule has 2 bridgehead atoms. The highest BCUT2D eigenvalue weighted by atomic mass is 16.6. The molecule has 0 amide bonds. The lowest BCUT2D eigenvalue weighted by Gasteiger charge is -2.65. The SMILES string of the molecule is C=C[C@H](O)O[C@H]1C[C@H]2OC[C@H]2[C@@H]2[C@H](OC(=O)c3ccccc3)[C@]3(O)CCC(C)=C([C@@H](OC(C)=O)C[C@@]21C)C3(C)C. The molecule has 40 heavy (non-hydrogen) atoms. The number of esters is 2. The first kappa shape index (κ1) is 29.0. The second kappa shape index (κ2) is 10.4. The second-order valence-corrected chi connectivity index (χ2v) is 12.8. The van der Waals surface area contributed by atoms with Gasteiger partial charge in [0.1, 0.15) is 17.8 Å². The van der Waals surface area contributed by atoms with E-state index in [0.717, 1.165) is 11.1 Å². The van der Waals surface area contributed by atoms with E-state index in [-0.39, 0.29) is 12.0 Å². The van der Waals surface area contributed by atoms with Crippen molar-refractivity contribution in [2.75, 3.05) is 6.61 Å². The Hall–Kier alpha value is -2.52. The van der Waals surface area contributed by atoms with Crippen LogP contribution in [0.1, 0.15) is 70.7 Å². The second-order valence-electron chi connectivity index (χ2n) is 12.8. The summed E-state index contributed by atoms with van der Waals surface area (Å²) in [5, 5.41) is 23.4. The highest BCUT2D eigenvalue weighted by Gasteiger charge is 2.69. The predicted octanol–water partition coefficient (Wildman–Crippen LogP) is 4.35. The zero-order valence-electron chi connectivity index (χ0n) is 24.1. The molecule has 218 valence electrons. The van der Waals surface area contributed by atoms with Crippen LogP contribution in [0, 0.1) is 22.7 Å². The molecule has 1 aromatic rings. The lowest BCUT2D eigenvalue weighted by molar-refractivity contribution is -0.300. The van der Waals surface area contributed by atoms with Crippen LogP contribution in [-0.2, 0) is 23.7 Å². The number of carbonyl (C=O) groups excluding carboxylic acids is 2. The van der Waals surface area contributed by atoms with Gasteiger partial charge in [0.2, 0.25) is 0 Å². The highest BCUT2D eigenvalue weighted by Crippen LogP contribution is 2.63. The van der Waals surface area contributed by atoms with E-state index in [4.69, 9.17) is 18.9 Å². The average Bonchev–Trinajstić information content (AvgIpc) is 2.88. The first-order valence-electron chi connectivity index (χ1n) is 14.3. The van der Waals surface area contributed by atoms with Gasteiger partial charge in [-0.25, -0.2) is 4.79 Å². The maximum Gasteiger partial charge on any atom is 0.338 e. The molecule has 3 fully saturated rings. The first-order valence-corrected chi connectivity index (χ1v) is 14.3. The third-order valence-electron chi connectivity index (χ3n) is 10.3. The third-order valence-corrected chi connectivity index (χ3v) is 10.3. The van der Waals surface area contributed by atoms with Crippen molar-refractivity contribution in [3.63, 3.8) is 0 Å². The minimum Gasteiger partial charge on any atom is -0.458 e. The Bertz CT molecular complexity index is 1190. The normalized spacial score (nSPS) is 38.9. The van der Waals surface area contributed by atoms with Gasteiger partial charge in [0, 0.05) is 36.0 Å². The van der Waals surface area contributed by atoms with Crippen LogP contribution in [0.5, 0.6) is 0 Å². The molecule has 0 radical (unpaired) electrons. The van der Waals surface area contributed by atoms with Gasteiger partial charge in [0.25, 0.3) is 0 Å². The van der Waals surface area contributed by atoms with Gasteiger partial charge in [-0.1, -0.05) is 51.1 Å².